The minimum atomic E-state index is 0.898. The molecule has 1 aromatic rings. The van der Waals surface area contributed by atoms with E-state index in [4.69, 9.17) is 0 Å². The number of hydrogen-bond donors (Lipinski definition) is 1. The fraction of sp³-hybridized carbons (Fsp3) is 0.700. The number of aromatic nitrogens is 2. The molecule has 0 atom stereocenters. The van der Waals surface area contributed by atoms with Crippen LogP contribution >= 0.6 is 0 Å². The molecule has 0 radical (unpaired) electrons. The molecule has 0 aliphatic rings. The minimum Gasteiger partial charge on any atom is -0.314 e. The molecule has 0 saturated heterocycles. The molecule has 13 heavy (non-hydrogen) atoms. The maximum Gasteiger partial charge on any atom is 0.0597 e. The predicted octanol–water partition coefficient (Wildman–Crippen LogP) is 1.96. The summed E-state index contributed by atoms with van der Waals surface area (Å²) in [7, 11) is 1.95. The zero-order chi connectivity index (χ0) is 10.3. The Bertz CT molecular complexity index is 228. The van der Waals surface area contributed by atoms with Crippen molar-refractivity contribution >= 4 is 0 Å². The van der Waals surface area contributed by atoms with Gasteiger partial charge < -0.3 is 5.32 Å². The van der Waals surface area contributed by atoms with Gasteiger partial charge in [0, 0.05) is 13.1 Å². The van der Waals surface area contributed by atoms with Gasteiger partial charge in [-0.1, -0.05) is 13.8 Å². The largest absolute Gasteiger partial charge is 0.314 e. The first-order valence-corrected chi connectivity index (χ1v) is 4.96. The van der Waals surface area contributed by atoms with Crippen molar-refractivity contribution in [2.75, 3.05) is 7.05 Å². The number of nitrogens with one attached hydrogen (secondary N) is 1. The molecular formula is C10H21N3. The SMILES string of the molecule is CC.CCn1nc(C)cc1CNC. The quantitative estimate of drug-likeness (QED) is 0.776. The lowest BCUT2D eigenvalue weighted by atomic mass is 10.3. The molecule has 1 rings (SSSR count). The van der Waals surface area contributed by atoms with Gasteiger partial charge in [-0.3, -0.25) is 4.68 Å². The fourth-order valence-corrected chi connectivity index (χ4v) is 1.20. The summed E-state index contributed by atoms with van der Waals surface area (Å²) in [5.41, 5.74) is 2.35. The van der Waals surface area contributed by atoms with E-state index in [1.54, 1.807) is 0 Å². The van der Waals surface area contributed by atoms with Crippen molar-refractivity contribution in [1.82, 2.24) is 15.1 Å². The second-order valence-corrected chi connectivity index (χ2v) is 2.62. The Hall–Kier alpha value is -0.830. The molecule has 0 aliphatic carbocycles. The highest BCUT2D eigenvalue weighted by molar-refractivity contribution is 5.08. The molecule has 1 N–H and O–H groups in total. The topological polar surface area (TPSA) is 29.9 Å². The Labute approximate surface area is 81.1 Å². The van der Waals surface area contributed by atoms with E-state index in [0.717, 1.165) is 18.8 Å². The van der Waals surface area contributed by atoms with E-state index in [-0.39, 0.29) is 0 Å². The minimum absolute atomic E-state index is 0.898. The Morgan fingerprint density at radius 3 is 2.54 bits per heavy atom. The molecule has 0 fully saturated rings. The summed E-state index contributed by atoms with van der Waals surface area (Å²) in [6, 6.07) is 2.11. The van der Waals surface area contributed by atoms with Crippen LogP contribution in [0.15, 0.2) is 6.07 Å². The molecule has 3 heteroatoms. The van der Waals surface area contributed by atoms with Crippen LogP contribution in [-0.2, 0) is 13.1 Å². The van der Waals surface area contributed by atoms with E-state index in [2.05, 4.69) is 23.4 Å². The smallest absolute Gasteiger partial charge is 0.0597 e. The average molecular weight is 183 g/mol. The first-order valence-electron chi connectivity index (χ1n) is 4.96. The van der Waals surface area contributed by atoms with E-state index >= 15 is 0 Å². The lowest BCUT2D eigenvalue weighted by molar-refractivity contribution is 0.600. The van der Waals surface area contributed by atoms with Gasteiger partial charge in [-0.25, -0.2) is 0 Å². The molecule has 0 aromatic carbocycles. The second-order valence-electron chi connectivity index (χ2n) is 2.62. The summed E-state index contributed by atoms with van der Waals surface area (Å²) >= 11 is 0. The van der Waals surface area contributed by atoms with Crippen LogP contribution in [0.5, 0.6) is 0 Å². The van der Waals surface area contributed by atoms with E-state index in [0.29, 0.717) is 0 Å². The van der Waals surface area contributed by atoms with Crippen molar-refractivity contribution in [3.8, 4) is 0 Å². The third-order valence-electron chi connectivity index (χ3n) is 1.64. The number of nitrogens with zero attached hydrogens (tertiary/aromatic N) is 2. The zero-order valence-corrected chi connectivity index (χ0v) is 9.39. The normalized spacial score (nSPS) is 9.31. The van der Waals surface area contributed by atoms with Crippen LogP contribution in [0.2, 0.25) is 0 Å². The molecule has 1 aromatic heterocycles. The Kier molecular flexibility index (Phi) is 6.24. The highest BCUT2D eigenvalue weighted by Crippen LogP contribution is 2.02. The van der Waals surface area contributed by atoms with Gasteiger partial charge in [-0.2, -0.15) is 5.10 Å². The highest BCUT2D eigenvalue weighted by Gasteiger charge is 2.00. The lowest BCUT2D eigenvalue weighted by Crippen LogP contribution is -2.11. The van der Waals surface area contributed by atoms with Gasteiger partial charge in [-0.05, 0) is 27.0 Å². The van der Waals surface area contributed by atoms with Crippen molar-refractivity contribution in [1.29, 1.82) is 0 Å². The van der Waals surface area contributed by atoms with Crippen LogP contribution in [0.4, 0.5) is 0 Å². The van der Waals surface area contributed by atoms with Crippen LogP contribution in [0, 0.1) is 6.92 Å². The van der Waals surface area contributed by atoms with Gasteiger partial charge in [0.05, 0.1) is 11.4 Å². The van der Waals surface area contributed by atoms with E-state index in [1.807, 2.05) is 32.5 Å². The molecule has 0 saturated carbocycles. The molecule has 76 valence electrons. The Morgan fingerprint density at radius 2 is 2.08 bits per heavy atom. The Balaban J connectivity index is 0.000000671. The average Bonchev–Trinajstić information content (AvgIpc) is 2.50. The van der Waals surface area contributed by atoms with Crippen LogP contribution < -0.4 is 5.32 Å². The van der Waals surface area contributed by atoms with Crippen molar-refractivity contribution < 1.29 is 0 Å². The predicted molar refractivity (Wildman–Crippen MR) is 56.7 cm³/mol. The first kappa shape index (κ1) is 12.2. The van der Waals surface area contributed by atoms with E-state index in [9.17, 15) is 0 Å². The van der Waals surface area contributed by atoms with Crippen LogP contribution in [0.1, 0.15) is 32.2 Å². The molecule has 0 unspecified atom stereocenters. The van der Waals surface area contributed by atoms with Crippen molar-refractivity contribution in [3.63, 3.8) is 0 Å². The van der Waals surface area contributed by atoms with Crippen LogP contribution in [0.25, 0.3) is 0 Å². The van der Waals surface area contributed by atoms with Gasteiger partial charge in [0.25, 0.3) is 0 Å². The maximum absolute atomic E-state index is 4.32. The van der Waals surface area contributed by atoms with Gasteiger partial charge in [-0.15, -0.1) is 0 Å². The van der Waals surface area contributed by atoms with Gasteiger partial charge in [0.1, 0.15) is 0 Å². The third kappa shape index (κ3) is 3.59. The fourth-order valence-electron chi connectivity index (χ4n) is 1.20. The summed E-state index contributed by atoms with van der Waals surface area (Å²) in [6.07, 6.45) is 0. The van der Waals surface area contributed by atoms with Crippen molar-refractivity contribution in [3.05, 3.63) is 17.5 Å². The van der Waals surface area contributed by atoms with Gasteiger partial charge in [0.2, 0.25) is 0 Å². The second kappa shape index (κ2) is 6.66. The number of aryl methyl sites for hydroxylation is 2. The lowest BCUT2D eigenvalue weighted by Gasteiger charge is -2.01. The standard InChI is InChI=1S/C8H15N3.C2H6/c1-4-11-8(6-9-3)5-7(2)10-11;1-2/h5,9H,4,6H2,1-3H3;1-2H3. The van der Waals surface area contributed by atoms with Gasteiger partial charge >= 0.3 is 0 Å². The molecular weight excluding hydrogens is 162 g/mol. The maximum atomic E-state index is 4.32. The molecule has 0 amide bonds. The summed E-state index contributed by atoms with van der Waals surface area (Å²) in [4.78, 5) is 0. The summed E-state index contributed by atoms with van der Waals surface area (Å²) in [5, 5.41) is 7.44. The highest BCUT2D eigenvalue weighted by atomic mass is 15.3. The third-order valence-corrected chi connectivity index (χ3v) is 1.64. The summed E-state index contributed by atoms with van der Waals surface area (Å²) < 4.78 is 2.02. The molecule has 0 aliphatic heterocycles. The number of hydrogen-bond acceptors (Lipinski definition) is 2. The molecule has 1 heterocycles. The van der Waals surface area contributed by atoms with E-state index < -0.39 is 0 Å². The molecule has 0 spiro atoms. The van der Waals surface area contributed by atoms with Crippen LogP contribution in [0.3, 0.4) is 0 Å². The summed E-state index contributed by atoms with van der Waals surface area (Å²) in [5.74, 6) is 0. The Morgan fingerprint density at radius 1 is 1.46 bits per heavy atom. The molecule has 0 bridgehead atoms. The van der Waals surface area contributed by atoms with Crippen molar-refractivity contribution in [2.45, 2.75) is 40.8 Å². The number of rotatable bonds is 3. The zero-order valence-electron chi connectivity index (χ0n) is 9.39. The van der Waals surface area contributed by atoms with Crippen LogP contribution in [-0.4, -0.2) is 16.8 Å². The van der Waals surface area contributed by atoms with Crippen molar-refractivity contribution in [2.24, 2.45) is 0 Å². The van der Waals surface area contributed by atoms with Gasteiger partial charge in [0.15, 0.2) is 0 Å². The van der Waals surface area contributed by atoms with E-state index in [1.165, 1.54) is 5.69 Å². The monoisotopic (exact) mass is 183 g/mol. The first-order chi connectivity index (χ1) is 6.27. The molecule has 3 nitrogen and oxygen atoms in total. The summed E-state index contributed by atoms with van der Waals surface area (Å²) in [6.45, 7) is 9.97.